The first-order valence-corrected chi connectivity index (χ1v) is 23.8. The second-order valence-corrected chi connectivity index (χ2v) is 19.0. The van der Waals surface area contributed by atoms with Gasteiger partial charge in [-0.1, -0.05) is 158 Å². The van der Waals surface area contributed by atoms with Crippen LogP contribution in [0.1, 0.15) is 22.3 Å². The molecule has 4 heteroatoms. The minimum absolute atomic E-state index is 0.665. The van der Waals surface area contributed by atoms with Crippen molar-refractivity contribution in [3.8, 4) is 28.3 Å². The van der Waals surface area contributed by atoms with Gasteiger partial charge in [-0.3, -0.25) is 0 Å². The van der Waals surface area contributed by atoms with Crippen LogP contribution in [0.15, 0.2) is 231 Å². The Morgan fingerprint density at radius 3 is 1.88 bits per heavy atom. The van der Waals surface area contributed by atoms with E-state index in [0.717, 1.165) is 45.4 Å². The summed E-state index contributed by atoms with van der Waals surface area (Å²) in [5.74, 6) is 1.77. The molecule has 3 heterocycles. The van der Waals surface area contributed by atoms with Crippen LogP contribution in [0.25, 0.3) is 80.3 Å². The fourth-order valence-corrected chi connectivity index (χ4v) is 13.0. The molecule has 1 aliphatic heterocycles. The summed E-state index contributed by atoms with van der Waals surface area (Å²) >= 11 is 1.86. The highest BCUT2D eigenvalue weighted by molar-refractivity contribution is 7.25. The summed E-state index contributed by atoms with van der Waals surface area (Å²) < 4.78 is 11.9. The van der Waals surface area contributed by atoms with Crippen molar-refractivity contribution in [1.82, 2.24) is 4.57 Å². The van der Waals surface area contributed by atoms with Crippen molar-refractivity contribution in [3.05, 3.63) is 253 Å². The Balaban J connectivity index is 1.01. The van der Waals surface area contributed by atoms with E-state index in [1.54, 1.807) is 0 Å². The van der Waals surface area contributed by atoms with E-state index in [4.69, 9.17) is 4.74 Å². The van der Waals surface area contributed by atoms with E-state index in [0.29, 0.717) is 0 Å². The van der Waals surface area contributed by atoms with Crippen molar-refractivity contribution in [2.45, 2.75) is 5.41 Å². The third-order valence-corrected chi connectivity index (χ3v) is 15.7. The predicted octanol–water partition coefficient (Wildman–Crippen LogP) is 17.4. The molecule has 0 fully saturated rings. The third-order valence-electron chi connectivity index (χ3n) is 14.6. The van der Waals surface area contributed by atoms with Gasteiger partial charge in [0.15, 0.2) is 0 Å². The van der Waals surface area contributed by atoms with E-state index in [9.17, 15) is 0 Å². The van der Waals surface area contributed by atoms with Crippen LogP contribution in [-0.2, 0) is 5.41 Å². The summed E-state index contributed by atoms with van der Waals surface area (Å²) in [7, 11) is 0. The van der Waals surface area contributed by atoms with Gasteiger partial charge in [-0.25, -0.2) is 0 Å². The van der Waals surface area contributed by atoms with Crippen molar-refractivity contribution >= 4 is 91.9 Å². The first-order valence-electron chi connectivity index (χ1n) is 23.0. The Morgan fingerprint density at radius 1 is 0.388 bits per heavy atom. The summed E-state index contributed by atoms with van der Waals surface area (Å²) in [5, 5.41) is 9.95. The van der Waals surface area contributed by atoms with Crippen molar-refractivity contribution in [2.75, 3.05) is 4.90 Å². The predicted molar refractivity (Wildman–Crippen MR) is 281 cm³/mol. The van der Waals surface area contributed by atoms with Crippen molar-refractivity contribution < 1.29 is 4.74 Å². The largest absolute Gasteiger partial charge is 0.457 e. The van der Waals surface area contributed by atoms with E-state index in [2.05, 4.69) is 240 Å². The average molecular weight is 871 g/mol. The Bertz CT molecular complexity index is 4180. The summed E-state index contributed by atoms with van der Waals surface area (Å²) in [6.07, 6.45) is 0. The summed E-state index contributed by atoms with van der Waals surface area (Å²) in [6.45, 7) is 0. The maximum atomic E-state index is 6.80. The maximum absolute atomic E-state index is 6.80. The lowest BCUT2D eigenvalue weighted by molar-refractivity contribution is 0.435. The van der Waals surface area contributed by atoms with E-state index >= 15 is 0 Å². The van der Waals surface area contributed by atoms with Crippen molar-refractivity contribution in [1.29, 1.82) is 0 Å². The van der Waals surface area contributed by atoms with Crippen molar-refractivity contribution in [2.24, 2.45) is 0 Å². The van der Waals surface area contributed by atoms with Crippen LogP contribution in [0.4, 0.5) is 17.1 Å². The average Bonchev–Trinajstić information content (AvgIpc) is 3.93. The van der Waals surface area contributed by atoms with Gasteiger partial charge in [0.25, 0.3) is 0 Å². The SMILES string of the molecule is c1ccc2c(c1)Oc1ccccc1C21c2cc(N(c3ccc4c(c3)c3ccccc3n4-c3ccc4c(c3)sc3ccccc34)c3cccc4ccccc34)ccc2-c2cccc3cccc1c23. The second-order valence-electron chi connectivity index (χ2n) is 17.9. The van der Waals surface area contributed by atoms with Gasteiger partial charge in [0, 0.05) is 64.5 Å². The number of nitrogens with zero attached hydrogens (tertiary/aromatic N) is 2. The molecule has 312 valence electrons. The Morgan fingerprint density at radius 2 is 1.01 bits per heavy atom. The lowest BCUT2D eigenvalue weighted by atomic mass is 9.58. The van der Waals surface area contributed by atoms with Crippen LogP contribution in [0, 0.1) is 0 Å². The smallest absolute Gasteiger partial charge is 0.132 e. The van der Waals surface area contributed by atoms with E-state index in [1.165, 1.54) is 85.8 Å². The number of aromatic nitrogens is 1. The van der Waals surface area contributed by atoms with E-state index < -0.39 is 5.41 Å². The molecule has 0 saturated carbocycles. The number of anilines is 3. The number of para-hydroxylation sites is 3. The van der Waals surface area contributed by atoms with Gasteiger partial charge in [-0.15, -0.1) is 11.3 Å². The van der Waals surface area contributed by atoms with Gasteiger partial charge < -0.3 is 14.2 Å². The van der Waals surface area contributed by atoms with Gasteiger partial charge in [0.1, 0.15) is 11.5 Å². The zero-order valence-corrected chi connectivity index (χ0v) is 37.0. The molecule has 0 atom stereocenters. The number of hydrogen-bond donors (Lipinski definition) is 0. The molecule has 13 aromatic rings. The molecule has 15 rings (SSSR count). The van der Waals surface area contributed by atoms with Crippen molar-refractivity contribution in [3.63, 3.8) is 0 Å². The maximum Gasteiger partial charge on any atom is 0.132 e. The molecule has 0 radical (unpaired) electrons. The summed E-state index contributed by atoms with van der Waals surface area (Å²) in [4.78, 5) is 2.49. The Labute approximate surface area is 390 Å². The highest BCUT2D eigenvalue weighted by Gasteiger charge is 2.49. The topological polar surface area (TPSA) is 17.4 Å². The summed E-state index contributed by atoms with van der Waals surface area (Å²) in [6, 6.07) is 85.2. The number of hydrogen-bond acceptors (Lipinski definition) is 3. The van der Waals surface area contributed by atoms with Gasteiger partial charge in [0.2, 0.25) is 0 Å². The van der Waals surface area contributed by atoms with Gasteiger partial charge in [0.05, 0.1) is 22.1 Å². The number of rotatable bonds is 4. The zero-order chi connectivity index (χ0) is 43.8. The Hall–Kier alpha value is -8.44. The fraction of sp³-hybridized carbons (Fsp3) is 0.0159. The Kier molecular flexibility index (Phi) is 7.58. The highest BCUT2D eigenvalue weighted by Crippen LogP contribution is 2.62. The molecule has 67 heavy (non-hydrogen) atoms. The molecule has 0 unspecified atom stereocenters. The standard InChI is InChI=1S/C63H38N2OS/c1-2-18-44-39(14-1)15-13-26-55(44)64(41-32-35-57-50(36-41)46-19-3-7-25-56(46)65(57)43-31-34-48-47-20-4-10-29-60(47)67-61(48)38-43)42-30-33-45-49-21-11-16-40-17-12-24-53(62(40)49)63(54(45)37-42)51-22-5-8-27-58(51)66-59-28-9-6-23-52(59)63/h1-38H. The van der Waals surface area contributed by atoms with Gasteiger partial charge in [-0.2, -0.15) is 0 Å². The molecule has 2 aliphatic rings. The number of thiophene rings is 1. The van der Waals surface area contributed by atoms with Crippen LogP contribution in [0.2, 0.25) is 0 Å². The normalized spacial score (nSPS) is 13.3. The van der Waals surface area contributed by atoms with E-state index in [-0.39, 0.29) is 0 Å². The minimum Gasteiger partial charge on any atom is -0.457 e. The minimum atomic E-state index is -0.665. The quantitative estimate of drug-likeness (QED) is 0.175. The monoisotopic (exact) mass is 870 g/mol. The van der Waals surface area contributed by atoms with Crippen LogP contribution >= 0.6 is 11.3 Å². The van der Waals surface area contributed by atoms with Crippen LogP contribution in [0.5, 0.6) is 11.5 Å². The molecule has 0 bridgehead atoms. The molecule has 1 spiro atoms. The lowest BCUT2D eigenvalue weighted by Crippen LogP contribution is -2.36. The fourth-order valence-electron chi connectivity index (χ4n) is 11.9. The number of fused-ring (bicyclic) bond motifs is 15. The number of benzene rings is 11. The first-order chi connectivity index (χ1) is 33.2. The molecule has 1 aliphatic carbocycles. The lowest BCUT2D eigenvalue weighted by Gasteiger charge is -2.45. The number of ether oxygens (including phenoxy) is 1. The van der Waals surface area contributed by atoms with Crippen LogP contribution in [0.3, 0.4) is 0 Å². The molecule has 0 N–H and O–H groups in total. The summed E-state index contributed by atoms with van der Waals surface area (Å²) in [5.41, 5.74) is 13.4. The second kappa shape index (κ2) is 13.8. The molecule has 11 aromatic carbocycles. The highest BCUT2D eigenvalue weighted by atomic mass is 32.1. The van der Waals surface area contributed by atoms with Gasteiger partial charge in [-0.05, 0) is 111 Å². The molecule has 0 amide bonds. The van der Waals surface area contributed by atoms with Crippen LogP contribution in [-0.4, -0.2) is 4.57 Å². The molecular formula is C63H38N2OS. The first kappa shape index (κ1) is 36.9. The molecular weight excluding hydrogens is 833 g/mol. The molecule has 0 saturated heterocycles. The van der Waals surface area contributed by atoms with Crippen LogP contribution < -0.4 is 9.64 Å². The van der Waals surface area contributed by atoms with Gasteiger partial charge >= 0.3 is 0 Å². The zero-order valence-electron chi connectivity index (χ0n) is 36.2. The molecule has 2 aromatic heterocycles. The third kappa shape index (κ3) is 5.05. The molecule has 3 nitrogen and oxygen atoms in total. The van der Waals surface area contributed by atoms with E-state index in [1.807, 2.05) is 11.3 Å².